The summed E-state index contributed by atoms with van der Waals surface area (Å²) >= 11 is 0. The molecule has 11 heteroatoms. The first-order valence-electron chi connectivity index (χ1n) is 24.1. The van der Waals surface area contributed by atoms with E-state index in [9.17, 15) is 29.4 Å². The predicted octanol–water partition coefficient (Wildman–Crippen LogP) is 9.81. The summed E-state index contributed by atoms with van der Waals surface area (Å²) in [7, 11) is 0. The molecule has 0 aliphatic carbocycles. The van der Waals surface area contributed by atoms with E-state index in [2.05, 4.69) is 113 Å². The molecule has 9 aromatic carbocycles. The van der Waals surface area contributed by atoms with Crippen molar-refractivity contribution in [3.63, 3.8) is 0 Å². The van der Waals surface area contributed by atoms with Crippen LogP contribution in [0.25, 0.3) is 64.6 Å². The number of carbonyl (C=O) groups is 4. The standard InChI is InChI=1S/C58H58N4O7/c1-4-5-6-7-26-69-46-28-44(57(67)61-49(34(2)63)30-51(65)59-32-42-20-18-40-16-14-36-10-8-12-38-22-24-47(42)55(40)53(36)38)27-45(29-46)58(68)62-50(35(3)64)31-52(66)60-33-43-21-19-41-17-15-37-11-9-13-39-23-25-48(43)56(41)54(37)39/h8-25,27-29,34-35,49-50,63-64H,4-7,26,30-33H2,1-3H3,(H,59,65)(H,60,66)(H,61,67)(H,62,68)/t34-,35-,49+,50+/m1/s1. The number of nitrogens with one attached hydrogen (secondary N) is 4. The SMILES string of the molecule is CCCCCCOc1cc(C(=O)N[C@@H](CC(=O)NCc2ccc3ccc4cccc5ccc2c3c45)[C@@H](C)O)cc(C(=O)N[C@@H](CC(=O)NCc2ccc3ccc4cccc5ccc2c3c45)[C@@H](C)O)c1. The van der Waals surface area contributed by atoms with E-state index in [1.165, 1.54) is 42.8 Å². The van der Waals surface area contributed by atoms with E-state index < -0.39 is 36.1 Å². The van der Waals surface area contributed by atoms with Gasteiger partial charge in [-0.3, -0.25) is 19.2 Å². The lowest BCUT2D eigenvalue weighted by molar-refractivity contribution is -0.123. The fourth-order valence-corrected chi connectivity index (χ4v) is 9.68. The molecule has 0 radical (unpaired) electrons. The van der Waals surface area contributed by atoms with Gasteiger partial charge in [-0.25, -0.2) is 0 Å². The van der Waals surface area contributed by atoms with Crippen molar-refractivity contribution in [2.75, 3.05) is 6.61 Å². The summed E-state index contributed by atoms with van der Waals surface area (Å²) in [6.45, 7) is 5.99. The van der Waals surface area contributed by atoms with E-state index in [1.807, 2.05) is 24.3 Å². The molecule has 0 aliphatic rings. The van der Waals surface area contributed by atoms with Crippen LogP contribution < -0.4 is 26.0 Å². The zero-order valence-corrected chi connectivity index (χ0v) is 39.2. The molecule has 0 fully saturated rings. The summed E-state index contributed by atoms with van der Waals surface area (Å²) in [5.41, 5.74) is 2.04. The lowest BCUT2D eigenvalue weighted by atomic mass is 9.92. The number of rotatable bonds is 20. The molecule has 9 rings (SSSR count). The third-order valence-electron chi connectivity index (χ3n) is 13.5. The van der Waals surface area contributed by atoms with Crippen molar-refractivity contribution >= 4 is 88.3 Å². The van der Waals surface area contributed by atoms with Crippen molar-refractivity contribution in [1.29, 1.82) is 0 Å². The van der Waals surface area contributed by atoms with Crippen LogP contribution in [-0.4, -0.2) is 64.7 Å². The van der Waals surface area contributed by atoms with Crippen LogP contribution >= 0.6 is 0 Å². The van der Waals surface area contributed by atoms with Crippen LogP contribution in [0.1, 0.15) is 91.1 Å². The van der Waals surface area contributed by atoms with E-state index in [4.69, 9.17) is 4.74 Å². The highest BCUT2D eigenvalue weighted by molar-refractivity contribution is 6.24. The van der Waals surface area contributed by atoms with Crippen molar-refractivity contribution in [3.8, 4) is 5.75 Å². The molecule has 69 heavy (non-hydrogen) atoms. The number of unbranched alkanes of at least 4 members (excludes halogenated alkanes) is 3. The summed E-state index contributed by atoms with van der Waals surface area (Å²) in [4.78, 5) is 54.9. The number of hydrogen-bond donors (Lipinski definition) is 6. The topological polar surface area (TPSA) is 166 Å². The Morgan fingerprint density at radius 3 is 1.33 bits per heavy atom. The number of aliphatic hydroxyl groups is 2. The van der Waals surface area contributed by atoms with Gasteiger partial charge in [0.1, 0.15) is 5.75 Å². The average molecular weight is 923 g/mol. The minimum absolute atomic E-state index is 0.0746. The van der Waals surface area contributed by atoms with Crippen LogP contribution in [0.3, 0.4) is 0 Å². The molecule has 0 aliphatic heterocycles. The molecule has 0 heterocycles. The lowest BCUT2D eigenvalue weighted by Gasteiger charge is -2.23. The Hall–Kier alpha value is -7.34. The Bertz CT molecular complexity index is 3090. The van der Waals surface area contributed by atoms with Crippen LogP contribution in [0.4, 0.5) is 0 Å². The van der Waals surface area contributed by atoms with Crippen LogP contribution in [0.5, 0.6) is 5.75 Å². The number of ether oxygens (including phenoxy) is 1. The molecule has 0 saturated heterocycles. The Labute approximate surface area is 400 Å². The van der Waals surface area contributed by atoms with Crippen LogP contribution in [0, 0.1) is 0 Å². The normalized spacial score (nSPS) is 13.5. The van der Waals surface area contributed by atoms with E-state index >= 15 is 0 Å². The van der Waals surface area contributed by atoms with Gasteiger partial charge < -0.3 is 36.2 Å². The van der Waals surface area contributed by atoms with Crippen molar-refractivity contribution in [1.82, 2.24) is 21.3 Å². The van der Waals surface area contributed by atoms with Gasteiger partial charge in [0.05, 0.1) is 30.9 Å². The highest BCUT2D eigenvalue weighted by atomic mass is 16.5. The Morgan fingerprint density at radius 1 is 0.507 bits per heavy atom. The minimum atomic E-state index is -1.10. The molecule has 4 atom stereocenters. The predicted molar refractivity (Wildman–Crippen MR) is 275 cm³/mol. The Morgan fingerprint density at radius 2 is 0.913 bits per heavy atom. The summed E-state index contributed by atoms with van der Waals surface area (Å²) in [6.07, 6.45) is 1.21. The number of benzene rings is 9. The van der Waals surface area contributed by atoms with E-state index in [0.717, 1.165) is 90.7 Å². The molecule has 0 unspecified atom stereocenters. The number of aliphatic hydroxyl groups excluding tert-OH is 2. The molecule has 4 amide bonds. The first kappa shape index (κ1) is 46.8. The van der Waals surface area contributed by atoms with E-state index in [0.29, 0.717) is 6.61 Å². The molecule has 9 aromatic rings. The lowest BCUT2D eigenvalue weighted by Crippen LogP contribution is -2.46. The van der Waals surface area contributed by atoms with Crippen molar-refractivity contribution < 1.29 is 34.1 Å². The van der Waals surface area contributed by atoms with E-state index in [1.54, 1.807) is 0 Å². The van der Waals surface area contributed by atoms with Crippen LogP contribution in [0.2, 0.25) is 0 Å². The first-order chi connectivity index (χ1) is 33.4. The first-order valence-corrected chi connectivity index (χ1v) is 24.1. The maximum atomic E-state index is 14.0. The van der Waals surface area contributed by atoms with Crippen molar-refractivity contribution in [2.45, 2.75) is 96.7 Å². The average Bonchev–Trinajstić information content (AvgIpc) is 3.35. The van der Waals surface area contributed by atoms with Gasteiger partial charge in [0.25, 0.3) is 11.8 Å². The highest BCUT2D eigenvalue weighted by Crippen LogP contribution is 2.37. The second-order valence-corrected chi connectivity index (χ2v) is 18.4. The number of carbonyl (C=O) groups excluding carboxylic acids is 4. The quantitative estimate of drug-likeness (QED) is 0.0327. The van der Waals surface area contributed by atoms with Gasteiger partial charge >= 0.3 is 0 Å². The third kappa shape index (κ3) is 10.1. The molecule has 6 N–H and O–H groups in total. The maximum absolute atomic E-state index is 14.0. The Balaban J connectivity index is 0.865. The Kier molecular flexibility index (Phi) is 13.9. The maximum Gasteiger partial charge on any atom is 0.251 e. The van der Waals surface area contributed by atoms with Gasteiger partial charge in [0, 0.05) is 37.1 Å². The van der Waals surface area contributed by atoms with Gasteiger partial charge in [0.2, 0.25) is 11.8 Å². The van der Waals surface area contributed by atoms with Crippen LogP contribution in [0.15, 0.2) is 127 Å². The molecule has 0 bridgehead atoms. The third-order valence-corrected chi connectivity index (χ3v) is 13.5. The summed E-state index contributed by atoms with van der Waals surface area (Å²) in [6, 6.07) is 40.0. The smallest absolute Gasteiger partial charge is 0.251 e. The van der Waals surface area contributed by atoms with Gasteiger partial charge in [-0.15, -0.1) is 0 Å². The summed E-state index contributed by atoms with van der Waals surface area (Å²) in [5.74, 6) is -1.68. The summed E-state index contributed by atoms with van der Waals surface area (Å²) in [5, 5.41) is 46.8. The van der Waals surface area contributed by atoms with Crippen molar-refractivity contribution in [3.05, 3.63) is 150 Å². The van der Waals surface area contributed by atoms with Gasteiger partial charge in [-0.05, 0) is 114 Å². The zero-order valence-electron chi connectivity index (χ0n) is 39.2. The molecule has 11 nitrogen and oxygen atoms in total. The largest absolute Gasteiger partial charge is 0.494 e. The zero-order chi connectivity index (χ0) is 48.2. The highest BCUT2D eigenvalue weighted by Gasteiger charge is 2.26. The molecule has 0 spiro atoms. The fourth-order valence-electron chi connectivity index (χ4n) is 9.68. The fraction of sp³-hybridized carbons (Fsp3) is 0.276. The molecular weight excluding hydrogens is 865 g/mol. The molecule has 352 valence electrons. The monoisotopic (exact) mass is 922 g/mol. The van der Waals surface area contributed by atoms with Crippen LogP contribution in [-0.2, 0) is 22.7 Å². The van der Waals surface area contributed by atoms with Gasteiger partial charge in [-0.2, -0.15) is 0 Å². The summed E-state index contributed by atoms with van der Waals surface area (Å²) < 4.78 is 6.07. The number of hydrogen-bond acceptors (Lipinski definition) is 7. The second kappa shape index (κ2) is 20.5. The second-order valence-electron chi connectivity index (χ2n) is 18.4. The molecule has 0 saturated carbocycles. The molecular formula is C58H58N4O7. The van der Waals surface area contributed by atoms with Crippen molar-refractivity contribution in [2.24, 2.45) is 0 Å². The minimum Gasteiger partial charge on any atom is -0.494 e. The van der Waals surface area contributed by atoms with Gasteiger partial charge in [0.15, 0.2) is 0 Å². The van der Waals surface area contributed by atoms with Gasteiger partial charge in [-0.1, -0.05) is 135 Å². The molecule has 0 aromatic heterocycles. The van der Waals surface area contributed by atoms with E-state index in [-0.39, 0.29) is 54.6 Å². The number of amides is 4.